The van der Waals surface area contributed by atoms with Crippen molar-refractivity contribution in [3.05, 3.63) is 17.5 Å². The van der Waals surface area contributed by atoms with Gasteiger partial charge in [-0.3, -0.25) is 0 Å². The van der Waals surface area contributed by atoms with Gasteiger partial charge in [-0.1, -0.05) is 25.9 Å². The Morgan fingerprint density at radius 2 is 2.18 bits per heavy atom. The summed E-state index contributed by atoms with van der Waals surface area (Å²) in [4.78, 5) is 0. The Hall–Kier alpha value is -0.830. The molecule has 1 aromatic heterocycles. The van der Waals surface area contributed by atoms with Crippen LogP contribution in [0.3, 0.4) is 0 Å². The lowest BCUT2D eigenvalue weighted by Crippen LogP contribution is -2.15. The average Bonchev–Trinajstić information content (AvgIpc) is 2.31. The van der Waals surface area contributed by atoms with Crippen LogP contribution < -0.4 is 5.73 Å². The molecule has 2 N–H and O–H groups in total. The van der Waals surface area contributed by atoms with Crippen LogP contribution in [0.25, 0.3) is 0 Å². The second kappa shape index (κ2) is 2.66. The summed E-state index contributed by atoms with van der Waals surface area (Å²) >= 11 is 0. The number of hydrogen-bond donors (Lipinski definition) is 1. The standard InChI is InChI=1S/C8H14N2O/c1-8(2,3)7-6(4-9)5-11-10-7/h5H,4,9H2,1-3H3. The van der Waals surface area contributed by atoms with Crippen molar-refractivity contribution >= 4 is 0 Å². The molecular formula is C8H14N2O. The van der Waals surface area contributed by atoms with E-state index in [0.717, 1.165) is 11.3 Å². The van der Waals surface area contributed by atoms with Gasteiger partial charge in [0.05, 0.1) is 5.69 Å². The smallest absolute Gasteiger partial charge is 0.128 e. The topological polar surface area (TPSA) is 52.0 Å². The fourth-order valence-electron chi connectivity index (χ4n) is 1.02. The molecule has 0 aromatic carbocycles. The van der Waals surface area contributed by atoms with Crippen molar-refractivity contribution in [2.24, 2.45) is 5.73 Å². The molecule has 62 valence electrons. The summed E-state index contributed by atoms with van der Waals surface area (Å²) in [6, 6.07) is 0. The van der Waals surface area contributed by atoms with E-state index < -0.39 is 0 Å². The molecule has 0 fully saturated rings. The van der Waals surface area contributed by atoms with Crippen molar-refractivity contribution in [2.75, 3.05) is 0 Å². The van der Waals surface area contributed by atoms with Crippen LogP contribution in [0, 0.1) is 0 Å². The molecule has 0 saturated heterocycles. The van der Waals surface area contributed by atoms with Gasteiger partial charge in [0.1, 0.15) is 6.26 Å². The molecule has 0 bridgehead atoms. The number of nitrogens with two attached hydrogens (primary N) is 1. The Labute approximate surface area is 66.6 Å². The fraction of sp³-hybridized carbons (Fsp3) is 0.625. The lowest BCUT2D eigenvalue weighted by molar-refractivity contribution is 0.393. The average molecular weight is 154 g/mol. The Kier molecular flexibility index (Phi) is 2.00. The molecule has 0 aliphatic carbocycles. The molecule has 0 aliphatic rings. The molecule has 0 unspecified atom stereocenters. The predicted octanol–water partition coefficient (Wildman–Crippen LogP) is 1.43. The van der Waals surface area contributed by atoms with Crippen LogP contribution in [0.1, 0.15) is 32.0 Å². The summed E-state index contributed by atoms with van der Waals surface area (Å²) in [6.07, 6.45) is 1.61. The Morgan fingerprint density at radius 3 is 2.55 bits per heavy atom. The van der Waals surface area contributed by atoms with Crippen molar-refractivity contribution in [2.45, 2.75) is 32.7 Å². The first-order chi connectivity index (χ1) is 5.05. The second-order valence-electron chi connectivity index (χ2n) is 3.64. The van der Waals surface area contributed by atoms with Gasteiger partial charge in [0.2, 0.25) is 0 Å². The number of rotatable bonds is 1. The molecule has 3 nitrogen and oxygen atoms in total. The molecule has 0 amide bonds. The molecule has 0 aliphatic heterocycles. The molecule has 1 aromatic rings. The van der Waals surface area contributed by atoms with E-state index in [4.69, 9.17) is 10.3 Å². The minimum Gasteiger partial charge on any atom is -0.364 e. The highest BCUT2D eigenvalue weighted by Crippen LogP contribution is 2.23. The molecule has 1 heterocycles. The van der Waals surface area contributed by atoms with Gasteiger partial charge >= 0.3 is 0 Å². The second-order valence-corrected chi connectivity index (χ2v) is 3.64. The van der Waals surface area contributed by atoms with Crippen molar-refractivity contribution in [1.29, 1.82) is 0 Å². The van der Waals surface area contributed by atoms with Gasteiger partial charge in [-0.15, -0.1) is 0 Å². The third-order valence-electron chi connectivity index (χ3n) is 1.57. The SMILES string of the molecule is CC(C)(C)c1nocc1CN. The maximum absolute atomic E-state index is 5.49. The van der Waals surface area contributed by atoms with E-state index in [-0.39, 0.29) is 5.41 Å². The van der Waals surface area contributed by atoms with Crippen molar-refractivity contribution in [3.63, 3.8) is 0 Å². The fourth-order valence-corrected chi connectivity index (χ4v) is 1.02. The van der Waals surface area contributed by atoms with E-state index in [1.54, 1.807) is 6.26 Å². The predicted molar refractivity (Wildman–Crippen MR) is 43.1 cm³/mol. The van der Waals surface area contributed by atoms with E-state index in [1.165, 1.54) is 0 Å². The minimum atomic E-state index is 0.0295. The van der Waals surface area contributed by atoms with Gasteiger partial charge in [0.25, 0.3) is 0 Å². The van der Waals surface area contributed by atoms with Gasteiger partial charge in [-0.05, 0) is 0 Å². The monoisotopic (exact) mass is 154 g/mol. The summed E-state index contributed by atoms with van der Waals surface area (Å²) < 4.78 is 4.83. The number of nitrogens with zero attached hydrogens (tertiary/aromatic N) is 1. The number of aromatic nitrogens is 1. The van der Waals surface area contributed by atoms with Crippen LogP contribution >= 0.6 is 0 Å². The van der Waals surface area contributed by atoms with Crippen LogP contribution in [-0.4, -0.2) is 5.16 Å². The summed E-state index contributed by atoms with van der Waals surface area (Å²) in [5, 5.41) is 3.90. The maximum Gasteiger partial charge on any atom is 0.128 e. The highest BCUT2D eigenvalue weighted by molar-refractivity contribution is 5.21. The lowest BCUT2D eigenvalue weighted by Gasteiger charge is -2.15. The molecule has 0 saturated carbocycles. The van der Waals surface area contributed by atoms with Crippen molar-refractivity contribution in [1.82, 2.24) is 5.16 Å². The summed E-state index contributed by atoms with van der Waals surface area (Å²) in [6.45, 7) is 6.76. The minimum absolute atomic E-state index is 0.0295. The number of hydrogen-bond acceptors (Lipinski definition) is 3. The lowest BCUT2D eigenvalue weighted by atomic mass is 9.90. The summed E-state index contributed by atoms with van der Waals surface area (Å²) in [7, 11) is 0. The zero-order valence-electron chi connectivity index (χ0n) is 7.22. The summed E-state index contributed by atoms with van der Waals surface area (Å²) in [5.41, 5.74) is 7.48. The van der Waals surface area contributed by atoms with Crippen LogP contribution in [0.4, 0.5) is 0 Å². The van der Waals surface area contributed by atoms with Gasteiger partial charge < -0.3 is 10.3 Å². The van der Waals surface area contributed by atoms with E-state index in [2.05, 4.69) is 25.9 Å². The normalized spacial score (nSPS) is 12.0. The third-order valence-corrected chi connectivity index (χ3v) is 1.57. The Morgan fingerprint density at radius 1 is 1.55 bits per heavy atom. The molecule has 1 rings (SSSR count). The highest BCUT2D eigenvalue weighted by Gasteiger charge is 2.20. The molecule has 3 heteroatoms. The van der Waals surface area contributed by atoms with E-state index in [1.807, 2.05) is 0 Å². The van der Waals surface area contributed by atoms with Crippen LogP contribution in [-0.2, 0) is 12.0 Å². The summed E-state index contributed by atoms with van der Waals surface area (Å²) in [5.74, 6) is 0. The maximum atomic E-state index is 5.49. The first-order valence-corrected chi connectivity index (χ1v) is 3.69. The van der Waals surface area contributed by atoms with E-state index in [9.17, 15) is 0 Å². The Balaban J connectivity index is 3.02. The van der Waals surface area contributed by atoms with Crippen molar-refractivity contribution < 1.29 is 4.52 Å². The quantitative estimate of drug-likeness (QED) is 0.665. The van der Waals surface area contributed by atoms with Gasteiger partial charge in [0.15, 0.2) is 0 Å². The highest BCUT2D eigenvalue weighted by atomic mass is 16.5. The van der Waals surface area contributed by atoms with Crippen LogP contribution in [0.5, 0.6) is 0 Å². The Bertz CT molecular complexity index is 234. The molecule has 0 spiro atoms. The third kappa shape index (κ3) is 1.60. The molecule has 0 atom stereocenters. The zero-order valence-corrected chi connectivity index (χ0v) is 7.22. The van der Waals surface area contributed by atoms with Crippen LogP contribution in [0.2, 0.25) is 0 Å². The van der Waals surface area contributed by atoms with E-state index in [0.29, 0.717) is 6.54 Å². The first-order valence-electron chi connectivity index (χ1n) is 3.69. The molecular weight excluding hydrogens is 140 g/mol. The van der Waals surface area contributed by atoms with Crippen molar-refractivity contribution in [3.8, 4) is 0 Å². The van der Waals surface area contributed by atoms with Crippen LogP contribution in [0.15, 0.2) is 10.8 Å². The van der Waals surface area contributed by atoms with Gasteiger partial charge in [-0.2, -0.15) is 0 Å². The largest absolute Gasteiger partial charge is 0.364 e. The first kappa shape index (κ1) is 8.27. The zero-order chi connectivity index (χ0) is 8.48. The van der Waals surface area contributed by atoms with Gasteiger partial charge in [-0.25, -0.2) is 0 Å². The van der Waals surface area contributed by atoms with E-state index >= 15 is 0 Å². The molecule has 11 heavy (non-hydrogen) atoms. The molecule has 0 radical (unpaired) electrons. The van der Waals surface area contributed by atoms with Gasteiger partial charge in [0, 0.05) is 17.5 Å².